The molecule has 0 fully saturated rings. The number of carbonyl (C=O) groups is 1. The summed E-state index contributed by atoms with van der Waals surface area (Å²) in [6, 6.07) is 7.69. The second-order valence-electron chi connectivity index (χ2n) is 4.58. The van der Waals surface area contributed by atoms with Crippen LogP contribution in [0.5, 0.6) is 17.2 Å². The van der Waals surface area contributed by atoms with Gasteiger partial charge in [-0.2, -0.15) is 0 Å². The van der Waals surface area contributed by atoms with Crippen molar-refractivity contribution in [1.29, 1.82) is 0 Å². The summed E-state index contributed by atoms with van der Waals surface area (Å²) in [4.78, 5) is 22.2. The number of allylic oxidation sites excluding steroid dienone is 1. The van der Waals surface area contributed by atoms with Gasteiger partial charge in [0.15, 0.2) is 5.78 Å². The molecule has 0 aliphatic heterocycles. The fraction of sp³-hybridized carbons (Fsp3) is 0.0625. The van der Waals surface area contributed by atoms with E-state index in [1.807, 2.05) is 0 Å². The summed E-state index contributed by atoms with van der Waals surface area (Å²) in [5.41, 5.74) is -0.0327. The van der Waals surface area contributed by atoms with Crippen molar-refractivity contribution in [3.8, 4) is 17.2 Å². The number of phenols is 2. The molecular formula is C16H13NO6. The van der Waals surface area contributed by atoms with E-state index in [0.717, 1.165) is 18.2 Å². The maximum absolute atomic E-state index is 12.1. The van der Waals surface area contributed by atoms with E-state index in [1.54, 1.807) is 0 Å². The van der Waals surface area contributed by atoms with Crippen molar-refractivity contribution in [2.75, 3.05) is 7.11 Å². The lowest BCUT2D eigenvalue weighted by Gasteiger charge is -2.04. The van der Waals surface area contributed by atoms with Crippen LogP contribution in [0.1, 0.15) is 15.9 Å². The van der Waals surface area contributed by atoms with Gasteiger partial charge in [0.2, 0.25) is 0 Å². The molecule has 0 aromatic heterocycles. The molecule has 0 amide bonds. The summed E-state index contributed by atoms with van der Waals surface area (Å²) in [7, 11) is 1.43. The molecular weight excluding hydrogens is 302 g/mol. The lowest BCUT2D eigenvalue weighted by atomic mass is 10.1. The Balaban J connectivity index is 2.28. The Labute approximate surface area is 131 Å². The molecule has 0 spiro atoms. The molecule has 0 bridgehead atoms. The molecule has 0 aliphatic carbocycles. The predicted molar refractivity (Wildman–Crippen MR) is 82.8 cm³/mol. The number of hydrogen-bond donors (Lipinski definition) is 2. The largest absolute Gasteiger partial charge is 0.507 e. The average Bonchev–Trinajstić information content (AvgIpc) is 2.53. The number of rotatable bonds is 5. The van der Waals surface area contributed by atoms with Crippen molar-refractivity contribution >= 4 is 17.5 Å². The summed E-state index contributed by atoms with van der Waals surface area (Å²) >= 11 is 0. The second kappa shape index (κ2) is 6.61. The highest BCUT2D eigenvalue weighted by Gasteiger charge is 2.11. The number of hydrogen-bond acceptors (Lipinski definition) is 6. The van der Waals surface area contributed by atoms with E-state index < -0.39 is 10.7 Å². The number of ketones is 1. The van der Waals surface area contributed by atoms with Crippen LogP contribution >= 0.6 is 0 Å². The highest BCUT2D eigenvalue weighted by Crippen LogP contribution is 2.26. The molecule has 23 heavy (non-hydrogen) atoms. The van der Waals surface area contributed by atoms with Crippen molar-refractivity contribution in [3.05, 3.63) is 63.7 Å². The first kappa shape index (κ1) is 16.0. The fourth-order valence-electron chi connectivity index (χ4n) is 1.89. The third-order valence-electron chi connectivity index (χ3n) is 3.11. The van der Waals surface area contributed by atoms with Crippen LogP contribution in [0.2, 0.25) is 0 Å². The van der Waals surface area contributed by atoms with Crippen molar-refractivity contribution in [1.82, 2.24) is 0 Å². The number of nitro benzene ring substituents is 1. The monoisotopic (exact) mass is 315 g/mol. The summed E-state index contributed by atoms with van der Waals surface area (Å²) in [5.74, 6) is -0.559. The third-order valence-corrected chi connectivity index (χ3v) is 3.11. The normalized spacial score (nSPS) is 10.7. The highest BCUT2D eigenvalue weighted by molar-refractivity contribution is 6.08. The Bertz CT molecular complexity index is 797. The number of carbonyl (C=O) groups excluding carboxylic acids is 1. The molecule has 7 nitrogen and oxygen atoms in total. The Morgan fingerprint density at radius 2 is 1.91 bits per heavy atom. The van der Waals surface area contributed by atoms with E-state index in [2.05, 4.69) is 0 Å². The lowest BCUT2D eigenvalue weighted by molar-refractivity contribution is -0.384. The molecule has 0 atom stereocenters. The van der Waals surface area contributed by atoms with Crippen LogP contribution in [-0.4, -0.2) is 28.0 Å². The Kier molecular flexibility index (Phi) is 4.61. The molecule has 7 heteroatoms. The lowest BCUT2D eigenvalue weighted by Crippen LogP contribution is -1.95. The minimum Gasteiger partial charge on any atom is -0.507 e. The molecule has 0 heterocycles. The van der Waals surface area contributed by atoms with Crippen LogP contribution in [0.25, 0.3) is 6.08 Å². The van der Waals surface area contributed by atoms with E-state index in [9.17, 15) is 25.1 Å². The maximum atomic E-state index is 12.1. The fourth-order valence-corrected chi connectivity index (χ4v) is 1.89. The summed E-state index contributed by atoms with van der Waals surface area (Å²) < 4.78 is 4.92. The molecule has 0 unspecified atom stereocenters. The minimum atomic E-state index is -0.603. The van der Waals surface area contributed by atoms with Gasteiger partial charge < -0.3 is 14.9 Å². The minimum absolute atomic E-state index is 0.0481. The Morgan fingerprint density at radius 1 is 1.17 bits per heavy atom. The maximum Gasteiger partial charge on any atom is 0.270 e. The van der Waals surface area contributed by atoms with Crippen LogP contribution < -0.4 is 4.74 Å². The molecule has 2 aromatic carbocycles. The predicted octanol–water partition coefficient (Wildman–Crippen LogP) is 2.91. The molecule has 2 N–H and O–H groups in total. The number of methoxy groups -OCH3 is 1. The van der Waals surface area contributed by atoms with Crippen molar-refractivity contribution < 1.29 is 24.7 Å². The van der Waals surface area contributed by atoms with Gasteiger partial charge in [0, 0.05) is 23.8 Å². The van der Waals surface area contributed by atoms with Gasteiger partial charge in [-0.25, -0.2) is 0 Å². The number of non-ortho nitro benzene ring substituents is 1. The van der Waals surface area contributed by atoms with Gasteiger partial charge in [0.1, 0.15) is 17.2 Å². The van der Waals surface area contributed by atoms with Gasteiger partial charge in [-0.05, 0) is 30.4 Å². The Morgan fingerprint density at radius 3 is 2.52 bits per heavy atom. The molecule has 0 aliphatic rings. The van der Waals surface area contributed by atoms with E-state index in [1.165, 1.54) is 37.5 Å². The van der Waals surface area contributed by atoms with Gasteiger partial charge in [-0.3, -0.25) is 14.9 Å². The van der Waals surface area contributed by atoms with E-state index >= 15 is 0 Å². The number of nitrogens with zero attached hydrogens (tertiary/aromatic N) is 1. The van der Waals surface area contributed by atoms with Crippen LogP contribution in [0, 0.1) is 10.1 Å². The van der Waals surface area contributed by atoms with Crippen molar-refractivity contribution in [3.63, 3.8) is 0 Å². The first-order valence-corrected chi connectivity index (χ1v) is 6.49. The number of ether oxygens (including phenoxy) is 1. The number of nitro groups is 1. The molecule has 0 radical (unpaired) electrons. The van der Waals surface area contributed by atoms with Crippen LogP contribution in [0.15, 0.2) is 42.5 Å². The number of aromatic hydroxyl groups is 2. The quantitative estimate of drug-likeness (QED) is 0.380. The molecule has 2 aromatic rings. The van der Waals surface area contributed by atoms with Gasteiger partial charge in [-0.1, -0.05) is 0 Å². The van der Waals surface area contributed by atoms with Crippen molar-refractivity contribution in [2.24, 2.45) is 0 Å². The molecule has 2 rings (SSSR count). The zero-order valence-electron chi connectivity index (χ0n) is 12.1. The number of phenolic OH excluding ortho intramolecular Hbond substituents is 2. The van der Waals surface area contributed by atoms with E-state index in [-0.39, 0.29) is 28.3 Å². The number of benzene rings is 2. The van der Waals surface area contributed by atoms with Gasteiger partial charge in [0.25, 0.3) is 5.69 Å². The average molecular weight is 315 g/mol. The van der Waals surface area contributed by atoms with Gasteiger partial charge in [-0.15, -0.1) is 0 Å². The molecule has 118 valence electrons. The standard InChI is InChI=1S/C16H13NO6/c1-23-12-4-5-13(16(20)9-12)15(19)6-2-10-8-11(17(21)22)3-7-14(10)18/h2-9,18,20H,1H3/b6-2+. The van der Waals surface area contributed by atoms with E-state index in [0.29, 0.717) is 5.75 Å². The van der Waals surface area contributed by atoms with Crippen LogP contribution in [0.3, 0.4) is 0 Å². The van der Waals surface area contributed by atoms with Crippen molar-refractivity contribution in [2.45, 2.75) is 0 Å². The molecule has 0 saturated heterocycles. The third kappa shape index (κ3) is 3.65. The topological polar surface area (TPSA) is 110 Å². The van der Waals surface area contributed by atoms with Gasteiger partial charge >= 0.3 is 0 Å². The summed E-state index contributed by atoms with van der Waals surface area (Å²) in [6.45, 7) is 0. The second-order valence-corrected chi connectivity index (χ2v) is 4.58. The van der Waals surface area contributed by atoms with Gasteiger partial charge in [0.05, 0.1) is 17.6 Å². The molecule has 0 saturated carbocycles. The first-order valence-electron chi connectivity index (χ1n) is 6.49. The highest BCUT2D eigenvalue weighted by atomic mass is 16.6. The first-order chi connectivity index (χ1) is 10.9. The van der Waals surface area contributed by atoms with Crippen LogP contribution in [-0.2, 0) is 0 Å². The van der Waals surface area contributed by atoms with E-state index in [4.69, 9.17) is 4.74 Å². The summed E-state index contributed by atoms with van der Waals surface area (Å²) in [5, 5.41) is 30.2. The SMILES string of the molecule is COc1ccc(C(=O)/C=C/c2cc([N+](=O)[O-])ccc2O)c(O)c1. The zero-order valence-corrected chi connectivity index (χ0v) is 12.1. The Hall–Kier alpha value is -3.35. The smallest absolute Gasteiger partial charge is 0.270 e. The zero-order chi connectivity index (χ0) is 17.0. The summed E-state index contributed by atoms with van der Waals surface area (Å²) in [6.07, 6.45) is 2.36. The van der Waals surface area contributed by atoms with Crippen LogP contribution in [0.4, 0.5) is 5.69 Å².